The summed E-state index contributed by atoms with van der Waals surface area (Å²) in [6.45, 7) is 3.92. The van der Waals surface area contributed by atoms with Crippen LogP contribution in [0.4, 0.5) is 0 Å². The summed E-state index contributed by atoms with van der Waals surface area (Å²) in [5, 5.41) is 4.91. The summed E-state index contributed by atoms with van der Waals surface area (Å²) in [5.41, 5.74) is 6.99. The van der Waals surface area contributed by atoms with Crippen molar-refractivity contribution in [2.45, 2.75) is 19.8 Å². The molecule has 0 saturated heterocycles. The van der Waals surface area contributed by atoms with Crippen LogP contribution in [0.2, 0.25) is 5.02 Å². The smallest absolute Gasteiger partial charge is 0.267 e. The summed E-state index contributed by atoms with van der Waals surface area (Å²) in [4.78, 5) is 28.5. The van der Waals surface area contributed by atoms with Crippen molar-refractivity contribution < 1.29 is 9.59 Å². The molecule has 1 aromatic carbocycles. The van der Waals surface area contributed by atoms with Gasteiger partial charge in [0.1, 0.15) is 0 Å². The molecule has 138 valence electrons. The summed E-state index contributed by atoms with van der Waals surface area (Å²) in [5.74, 6) is -0.893. The van der Waals surface area contributed by atoms with Gasteiger partial charge in [0.15, 0.2) is 0 Å². The Balaban J connectivity index is 1.82. The van der Waals surface area contributed by atoms with Gasteiger partial charge in [-0.15, -0.1) is 0 Å². The maximum Gasteiger partial charge on any atom is 0.273 e. The molecule has 3 rings (SSSR count). The summed E-state index contributed by atoms with van der Waals surface area (Å²) < 4.78 is 1.67. The van der Waals surface area contributed by atoms with Crippen molar-refractivity contribution in [3.8, 4) is 5.69 Å². The molecule has 2 amide bonds. The lowest BCUT2D eigenvalue weighted by Crippen LogP contribution is -2.42. The molecule has 2 heterocycles. The molecule has 2 N–H and O–H groups in total. The Labute approximate surface area is 161 Å². The number of amides is 2. The van der Waals surface area contributed by atoms with E-state index in [0.29, 0.717) is 21.8 Å². The Kier molecular flexibility index (Phi) is 5.52. The Morgan fingerprint density at radius 1 is 1.07 bits per heavy atom. The van der Waals surface area contributed by atoms with Crippen LogP contribution >= 0.6 is 11.6 Å². The predicted octanol–water partition coefficient (Wildman–Crippen LogP) is 3.12. The number of aromatic nitrogens is 3. The number of rotatable bonds is 4. The first kappa shape index (κ1) is 18.6. The molecule has 0 unspecified atom stereocenters. The van der Waals surface area contributed by atoms with Crippen molar-refractivity contribution in [2.75, 3.05) is 0 Å². The Morgan fingerprint density at radius 3 is 2.52 bits per heavy atom. The van der Waals surface area contributed by atoms with Gasteiger partial charge in [-0.05, 0) is 36.2 Å². The van der Waals surface area contributed by atoms with Crippen molar-refractivity contribution in [2.24, 2.45) is 0 Å². The number of carbonyl (C=O) groups excluding carboxylic acids is 2. The second-order valence-electron chi connectivity index (χ2n) is 6.14. The van der Waals surface area contributed by atoms with E-state index in [4.69, 9.17) is 11.6 Å². The van der Waals surface area contributed by atoms with Crippen LogP contribution < -0.4 is 10.9 Å². The van der Waals surface area contributed by atoms with E-state index in [2.05, 4.69) is 20.9 Å². The Hall–Kier alpha value is -3.19. The number of nitrogens with one attached hydrogen (secondary N) is 2. The van der Waals surface area contributed by atoms with E-state index in [1.165, 1.54) is 12.4 Å². The van der Waals surface area contributed by atoms with Gasteiger partial charge in [-0.25, -0.2) is 4.68 Å². The zero-order chi connectivity index (χ0) is 19.4. The average Bonchev–Trinajstić information content (AvgIpc) is 3.12. The molecular weight excluding hydrogens is 366 g/mol. The van der Waals surface area contributed by atoms with Crippen LogP contribution in [0, 0.1) is 0 Å². The molecule has 3 aromatic rings. The second-order valence-corrected chi connectivity index (χ2v) is 6.58. The second kappa shape index (κ2) is 8.01. The highest BCUT2D eigenvalue weighted by Gasteiger charge is 2.21. The van der Waals surface area contributed by atoms with Gasteiger partial charge < -0.3 is 0 Å². The molecular formula is C19H18ClN5O2. The van der Waals surface area contributed by atoms with Crippen molar-refractivity contribution in [3.63, 3.8) is 0 Å². The predicted molar refractivity (Wildman–Crippen MR) is 102 cm³/mol. The summed E-state index contributed by atoms with van der Waals surface area (Å²) >= 11 is 6.07. The molecule has 27 heavy (non-hydrogen) atoms. The standard InChI is InChI=1S/C19H18ClN5O2/c1-12(2)17-16(11-22-25(17)15-7-3-6-14(20)9-15)19(27)24-23-18(26)13-5-4-8-21-10-13/h3-12H,1-2H3,(H,23,26)(H,24,27). The van der Waals surface area contributed by atoms with Gasteiger partial charge in [0.05, 0.1) is 28.7 Å². The van der Waals surface area contributed by atoms with Crippen LogP contribution in [-0.4, -0.2) is 26.6 Å². The third kappa shape index (κ3) is 4.15. The minimum Gasteiger partial charge on any atom is -0.267 e. The van der Waals surface area contributed by atoms with Crippen molar-refractivity contribution in [1.82, 2.24) is 25.6 Å². The summed E-state index contributed by atoms with van der Waals surface area (Å²) in [6, 6.07) is 10.5. The van der Waals surface area contributed by atoms with E-state index < -0.39 is 11.8 Å². The van der Waals surface area contributed by atoms with Crippen LogP contribution in [0.1, 0.15) is 46.2 Å². The first-order chi connectivity index (χ1) is 13.0. The minimum absolute atomic E-state index is 0.0151. The van der Waals surface area contributed by atoms with Gasteiger partial charge >= 0.3 is 0 Å². The molecule has 8 heteroatoms. The summed E-state index contributed by atoms with van der Waals surface area (Å²) in [7, 11) is 0. The normalized spacial score (nSPS) is 10.7. The fourth-order valence-corrected chi connectivity index (χ4v) is 2.84. The fourth-order valence-electron chi connectivity index (χ4n) is 2.65. The number of hydrogen-bond acceptors (Lipinski definition) is 4. The lowest BCUT2D eigenvalue weighted by molar-refractivity contribution is 0.0845. The third-order valence-electron chi connectivity index (χ3n) is 3.86. The highest BCUT2D eigenvalue weighted by atomic mass is 35.5. The zero-order valence-electron chi connectivity index (χ0n) is 14.8. The molecule has 0 spiro atoms. The molecule has 0 bridgehead atoms. The van der Waals surface area contributed by atoms with Gasteiger partial charge in [0, 0.05) is 17.4 Å². The number of hydrogen-bond donors (Lipinski definition) is 2. The van der Waals surface area contributed by atoms with Crippen molar-refractivity contribution in [3.05, 3.63) is 76.8 Å². The highest BCUT2D eigenvalue weighted by Crippen LogP contribution is 2.24. The Morgan fingerprint density at radius 2 is 1.85 bits per heavy atom. The maximum absolute atomic E-state index is 12.6. The molecule has 7 nitrogen and oxygen atoms in total. The van der Waals surface area contributed by atoms with Gasteiger partial charge in [-0.1, -0.05) is 31.5 Å². The SMILES string of the molecule is CC(C)c1c(C(=O)NNC(=O)c2cccnc2)cnn1-c1cccc(Cl)c1. The van der Waals surface area contributed by atoms with Crippen LogP contribution in [0.15, 0.2) is 55.0 Å². The van der Waals surface area contributed by atoms with E-state index in [1.807, 2.05) is 26.0 Å². The number of hydrazine groups is 1. The van der Waals surface area contributed by atoms with Crippen LogP contribution in [0.25, 0.3) is 5.69 Å². The van der Waals surface area contributed by atoms with Crippen LogP contribution in [0.3, 0.4) is 0 Å². The summed E-state index contributed by atoms with van der Waals surface area (Å²) in [6.07, 6.45) is 4.45. The van der Waals surface area contributed by atoms with Gasteiger partial charge in [0.2, 0.25) is 0 Å². The van der Waals surface area contributed by atoms with E-state index in [0.717, 1.165) is 5.69 Å². The largest absolute Gasteiger partial charge is 0.273 e. The molecule has 0 aliphatic carbocycles. The van der Waals surface area contributed by atoms with Crippen molar-refractivity contribution >= 4 is 23.4 Å². The number of carbonyl (C=O) groups is 2. The first-order valence-electron chi connectivity index (χ1n) is 8.32. The molecule has 2 aromatic heterocycles. The van der Waals surface area contributed by atoms with E-state index in [-0.39, 0.29) is 5.92 Å². The van der Waals surface area contributed by atoms with Crippen LogP contribution in [0.5, 0.6) is 0 Å². The zero-order valence-corrected chi connectivity index (χ0v) is 15.6. The third-order valence-corrected chi connectivity index (χ3v) is 4.10. The maximum atomic E-state index is 12.6. The van der Waals surface area contributed by atoms with Gasteiger partial charge in [0.25, 0.3) is 11.8 Å². The number of pyridine rings is 1. The quantitative estimate of drug-likeness (QED) is 0.677. The average molecular weight is 384 g/mol. The molecule has 0 saturated carbocycles. The lowest BCUT2D eigenvalue weighted by atomic mass is 10.1. The topological polar surface area (TPSA) is 88.9 Å². The minimum atomic E-state index is -0.454. The van der Waals surface area contributed by atoms with Gasteiger partial charge in [-0.2, -0.15) is 5.10 Å². The number of nitrogens with zero attached hydrogens (tertiary/aromatic N) is 3. The van der Waals surface area contributed by atoms with E-state index >= 15 is 0 Å². The monoisotopic (exact) mass is 383 g/mol. The Bertz CT molecular complexity index is 969. The molecule has 0 aliphatic rings. The highest BCUT2D eigenvalue weighted by molar-refractivity contribution is 6.30. The van der Waals surface area contributed by atoms with E-state index in [1.54, 1.807) is 35.1 Å². The number of halogens is 1. The molecule has 0 radical (unpaired) electrons. The first-order valence-corrected chi connectivity index (χ1v) is 8.69. The number of benzene rings is 1. The van der Waals surface area contributed by atoms with E-state index in [9.17, 15) is 9.59 Å². The molecule has 0 atom stereocenters. The lowest BCUT2D eigenvalue weighted by Gasteiger charge is -2.13. The van der Waals surface area contributed by atoms with Crippen LogP contribution in [-0.2, 0) is 0 Å². The molecule has 0 aliphatic heterocycles. The molecule has 0 fully saturated rings. The van der Waals surface area contributed by atoms with Gasteiger partial charge in [-0.3, -0.25) is 25.4 Å². The fraction of sp³-hybridized carbons (Fsp3) is 0.158. The van der Waals surface area contributed by atoms with Crippen molar-refractivity contribution in [1.29, 1.82) is 0 Å².